The van der Waals surface area contributed by atoms with Crippen molar-refractivity contribution in [2.45, 2.75) is 37.1 Å². The van der Waals surface area contributed by atoms with Gasteiger partial charge in [0.15, 0.2) is 0 Å². The van der Waals surface area contributed by atoms with E-state index in [2.05, 4.69) is 22.4 Å². The van der Waals surface area contributed by atoms with E-state index < -0.39 is 0 Å². The van der Waals surface area contributed by atoms with Gasteiger partial charge in [-0.3, -0.25) is 4.98 Å². The Morgan fingerprint density at radius 2 is 2.18 bits per heavy atom. The van der Waals surface area contributed by atoms with E-state index in [1.54, 1.807) is 0 Å². The van der Waals surface area contributed by atoms with Crippen LogP contribution >= 0.6 is 0 Å². The second-order valence-corrected chi connectivity index (χ2v) is 5.13. The van der Waals surface area contributed by atoms with Crippen LogP contribution in [0.15, 0.2) is 24.4 Å². The Morgan fingerprint density at radius 1 is 1.29 bits per heavy atom. The Morgan fingerprint density at radius 3 is 2.82 bits per heavy atom. The molecular formula is C14H20N2O. The van der Waals surface area contributed by atoms with Gasteiger partial charge in [-0.1, -0.05) is 6.07 Å². The second-order valence-electron chi connectivity index (χ2n) is 5.13. The summed E-state index contributed by atoms with van der Waals surface area (Å²) in [5, 5.41) is 3.67. The number of hydrogen-bond donors (Lipinski definition) is 1. The van der Waals surface area contributed by atoms with Gasteiger partial charge in [-0.25, -0.2) is 0 Å². The monoisotopic (exact) mass is 232 g/mol. The van der Waals surface area contributed by atoms with Crippen molar-refractivity contribution in [3.05, 3.63) is 30.1 Å². The first-order valence-corrected chi connectivity index (χ1v) is 6.64. The van der Waals surface area contributed by atoms with Gasteiger partial charge in [0.2, 0.25) is 0 Å². The lowest BCUT2D eigenvalue weighted by atomic mass is 9.70. The highest BCUT2D eigenvalue weighted by molar-refractivity contribution is 5.22. The van der Waals surface area contributed by atoms with Gasteiger partial charge in [-0.2, -0.15) is 0 Å². The van der Waals surface area contributed by atoms with Crippen LogP contribution in [0.5, 0.6) is 0 Å². The highest BCUT2D eigenvalue weighted by atomic mass is 16.5. The highest BCUT2D eigenvalue weighted by Crippen LogP contribution is 2.39. The molecule has 17 heavy (non-hydrogen) atoms. The van der Waals surface area contributed by atoms with Gasteiger partial charge in [-0.15, -0.1) is 0 Å². The molecule has 1 atom stereocenters. The molecule has 1 aromatic heterocycles. The first-order chi connectivity index (χ1) is 8.42. The molecule has 1 aromatic rings. The highest BCUT2D eigenvalue weighted by Gasteiger charge is 2.43. The van der Waals surface area contributed by atoms with Crippen molar-refractivity contribution in [2.75, 3.05) is 19.8 Å². The third kappa shape index (κ3) is 1.98. The van der Waals surface area contributed by atoms with Gasteiger partial charge >= 0.3 is 0 Å². The zero-order valence-corrected chi connectivity index (χ0v) is 10.2. The summed E-state index contributed by atoms with van der Waals surface area (Å²) in [6.07, 6.45) is 6.68. The zero-order valence-electron chi connectivity index (χ0n) is 10.2. The SMILES string of the molecule is c1ccc(C2(C3CCCN3)CCOCC2)nc1. The van der Waals surface area contributed by atoms with Gasteiger partial charge in [0.1, 0.15) is 0 Å². The minimum Gasteiger partial charge on any atom is -0.381 e. The molecule has 3 heterocycles. The van der Waals surface area contributed by atoms with Crippen LogP contribution in [0.25, 0.3) is 0 Å². The van der Waals surface area contributed by atoms with Gasteiger partial charge in [0, 0.05) is 36.6 Å². The zero-order chi connectivity index (χ0) is 11.6. The molecule has 2 aliphatic heterocycles. The van der Waals surface area contributed by atoms with Crippen LogP contribution in [0.4, 0.5) is 0 Å². The number of pyridine rings is 1. The van der Waals surface area contributed by atoms with Crippen LogP contribution in [0, 0.1) is 0 Å². The quantitative estimate of drug-likeness (QED) is 0.845. The van der Waals surface area contributed by atoms with E-state index in [4.69, 9.17) is 4.74 Å². The molecule has 0 bridgehead atoms. The van der Waals surface area contributed by atoms with Crippen LogP contribution in [0.2, 0.25) is 0 Å². The summed E-state index contributed by atoms with van der Waals surface area (Å²) in [5.41, 5.74) is 1.46. The number of hydrogen-bond acceptors (Lipinski definition) is 3. The van der Waals surface area contributed by atoms with Gasteiger partial charge in [-0.05, 0) is 44.4 Å². The predicted molar refractivity (Wildman–Crippen MR) is 67.0 cm³/mol. The molecular weight excluding hydrogens is 212 g/mol. The lowest BCUT2D eigenvalue weighted by Crippen LogP contribution is -2.49. The molecule has 1 unspecified atom stereocenters. The lowest BCUT2D eigenvalue weighted by Gasteiger charge is -2.41. The Kier molecular flexibility index (Phi) is 3.12. The molecule has 0 saturated carbocycles. The first-order valence-electron chi connectivity index (χ1n) is 6.64. The van der Waals surface area contributed by atoms with E-state index in [0.29, 0.717) is 6.04 Å². The minimum absolute atomic E-state index is 0.204. The molecule has 2 fully saturated rings. The average molecular weight is 232 g/mol. The lowest BCUT2D eigenvalue weighted by molar-refractivity contribution is 0.0355. The largest absolute Gasteiger partial charge is 0.381 e. The van der Waals surface area contributed by atoms with Crippen LogP contribution < -0.4 is 5.32 Å². The second kappa shape index (κ2) is 4.75. The molecule has 3 heteroatoms. The number of aromatic nitrogens is 1. The van der Waals surface area contributed by atoms with Gasteiger partial charge in [0.05, 0.1) is 0 Å². The van der Waals surface area contributed by atoms with E-state index in [1.807, 2.05) is 12.3 Å². The maximum absolute atomic E-state index is 5.55. The Labute approximate surface area is 103 Å². The van der Waals surface area contributed by atoms with Crippen LogP contribution in [-0.2, 0) is 10.2 Å². The molecule has 2 aliphatic rings. The topological polar surface area (TPSA) is 34.1 Å². The standard InChI is InChI=1S/C14H20N2O/c1-2-8-15-12(4-1)14(6-10-17-11-7-14)13-5-3-9-16-13/h1-2,4,8,13,16H,3,5-7,9-11H2. The van der Waals surface area contributed by atoms with E-state index in [-0.39, 0.29) is 5.41 Å². The van der Waals surface area contributed by atoms with Crippen molar-refractivity contribution < 1.29 is 4.74 Å². The summed E-state index contributed by atoms with van der Waals surface area (Å²) in [6, 6.07) is 6.87. The molecule has 0 aromatic carbocycles. The average Bonchev–Trinajstić information content (AvgIpc) is 2.95. The fourth-order valence-electron chi connectivity index (χ4n) is 3.33. The third-order valence-electron chi connectivity index (χ3n) is 4.29. The molecule has 3 nitrogen and oxygen atoms in total. The summed E-state index contributed by atoms with van der Waals surface area (Å²) in [4.78, 5) is 4.62. The molecule has 92 valence electrons. The summed E-state index contributed by atoms with van der Waals surface area (Å²) in [6.45, 7) is 2.89. The minimum atomic E-state index is 0.204. The summed E-state index contributed by atoms with van der Waals surface area (Å²) in [7, 11) is 0. The summed E-state index contributed by atoms with van der Waals surface area (Å²) < 4.78 is 5.55. The number of nitrogens with zero attached hydrogens (tertiary/aromatic N) is 1. The molecule has 1 N–H and O–H groups in total. The Balaban J connectivity index is 1.95. The Hall–Kier alpha value is -0.930. The molecule has 2 saturated heterocycles. The summed E-state index contributed by atoms with van der Waals surface area (Å²) >= 11 is 0. The van der Waals surface area contributed by atoms with Gasteiger partial charge < -0.3 is 10.1 Å². The van der Waals surface area contributed by atoms with Crippen molar-refractivity contribution in [3.63, 3.8) is 0 Å². The number of nitrogens with one attached hydrogen (secondary N) is 1. The molecule has 0 aliphatic carbocycles. The normalized spacial score (nSPS) is 28.1. The third-order valence-corrected chi connectivity index (χ3v) is 4.29. The van der Waals surface area contributed by atoms with Crippen LogP contribution in [0.3, 0.4) is 0 Å². The van der Waals surface area contributed by atoms with Crippen molar-refractivity contribution in [1.82, 2.24) is 10.3 Å². The first kappa shape index (κ1) is 11.2. The number of ether oxygens (including phenoxy) is 1. The summed E-state index contributed by atoms with van der Waals surface area (Å²) in [5.74, 6) is 0. The molecule has 0 amide bonds. The maximum Gasteiger partial charge on any atom is 0.0482 e. The van der Waals surface area contributed by atoms with Crippen LogP contribution in [0.1, 0.15) is 31.4 Å². The van der Waals surface area contributed by atoms with Crippen molar-refractivity contribution >= 4 is 0 Å². The molecule has 0 spiro atoms. The Bertz CT molecular complexity index is 354. The van der Waals surface area contributed by atoms with E-state index >= 15 is 0 Å². The number of rotatable bonds is 2. The fraction of sp³-hybridized carbons (Fsp3) is 0.643. The van der Waals surface area contributed by atoms with Crippen molar-refractivity contribution in [1.29, 1.82) is 0 Å². The smallest absolute Gasteiger partial charge is 0.0482 e. The van der Waals surface area contributed by atoms with Gasteiger partial charge in [0.25, 0.3) is 0 Å². The molecule has 0 radical (unpaired) electrons. The van der Waals surface area contributed by atoms with Crippen molar-refractivity contribution in [2.24, 2.45) is 0 Å². The predicted octanol–water partition coefficient (Wildman–Crippen LogP) is 1.88. The fourth-order valence-corrected chi connectivity index (χ4v) is 3.33. The van der Waals surface area contributed by atoms with E-state index in [1.165, 1.54) is 18.5 Å². The van der Waals surface area contributed by atoms with E-state index in [9.17, 15) is 0 Å². The van der Waals surface area contributed by atoms with Crippen molar-refractivity contribution in [3.8, 4) is 0 Å². The van der Waals surface area contributed by atoms with E-state index in [0.717, 1.165) is 32.6 Å². The maximum atomic E-state index is 5.55. The molecule has 3 rings (SSSR count). The van der Waals surface area contributed by atoms with Crippen LogP contribution in [-0.4, -0.2) is 30.8 Å².